The Labute approximate surface area is 293 Å². The molecule has 6 N–H and O–H groups in total. The van der Waals surface area contributed by atoms with Crippen LogP contribution in [-0.2, 0) is 16.0 Å². The third-order valence-corrected chi connectivity index (χ3v) is 10.4. The molecule has 0 bridgehead atoms. The normalized spacial score (nSPS) is 19.5. The van der Waals surface area contributed by atoms with Crippen molar-refractivity contribution in [3.8, 4) is 22.5 Å². The molecule has 6 rings (SSSR count). The Bertz CT molecular complexity index is 1730. The zero-order chi connectivity index (χ0) is 34.9. The molecule has 1 saturated carbocycles. The Balaban J connectivity index is 1.11. The predicted octanol–water partition coefficient (Wildman–Crippen LogP) is 5.24. The summed E-state index contributed by atoms with van der Waals surface area (Å²) in [7, 11) is 0. The van der Waals surface area contributed by atoms with E-state index in [1.54, 1.807) is 12.1 Å². The third kappa shape index (κ3) is 9.08. The molecule has 2 heterocycles. The number of amides is 2. The molecule has 11 heteroatoms. The van der Waals surface area contributed by atoms with Crippen LogP contribution in [0.4, 0.5) is 5.69 Å². The number of Topliss-reactive ketones (excluding diaryl/α,β-unsaturated/α-hetero) is 1. The highest BCUT2D eigenvalue weighted by molar-refractivity contribution is 5.98. The molecular weight excluding hydrogens is 628 g/mol. The first-order valence-electron chi connectivity index (χ1n) is 18.0. The largest absolute Gasteiger partial charge is 0.344 e. The highest BCUT2D eigenvalue weighted by atomic mass is 16.2. The van der Waals surface area contributed by atoms with Gasteiger partial charge in [0, 0.05) is 35.6 Å². The summed E-state index contributed by atoms with van der Waals surface area (Å²) in [6, 6.07) is 20.4. The summed E-state index contributed by atoms with van der Waals surface area (Å²) in [6.45, 7) is 4.83. The quantitative estimate of drug-likeness (QED) is 0.113. The highest BCUT2D eigenvalue weighted by Gasteiger charge is 2.29. The number of carbonyl (C=O) groups is 3. The van der Waals surface area contributed by atoms with Crippen LogP contribution in [0.25, 0.3) is 22.5 Å². The van der Waals surface area contributed by atoms with Gasteiger partial charge >= 0.3 is 0 Å². The molecule has 50 heavy (non-hydrogen) atoms. The van der Waals surface area contributed by atoms with Crippen LogP contribution in [0.2, 0.25) is 0 Å². The van der Waals surface area contributed by atoms with E-state index in [4.69, 9.17) is 5.73 Å². The maximum Gasteiger partial charge on any atom is 0.247 e. The number of nitrogens with zero attached hydrogens (tertiary/aromatic N) is 3. The molecule has 1 aliphatic carbocycles. The van der Waals surface area contributed by atoms with Gasteiger partial charge in [0.05, 0.1) is 0 Å². The fourth-order valence-electron chi connectivity index (χ4n) is 7.25. The molecular formula is C39H48N8O3. The second-order valence-electron chi connectivity index (χ2n) is 13.9. The van der Waals surface area contributed by atoms with Crippen molar-refractivity contribution >= 4 is 23.3 Å². The van der Waals surface area contributed by atoms with Gasteiger partial charge in [-0.25, -0.2) is 0 Å². The minimum atomic E-state index is -0.769. The van der Waals surface area contributed by atoms with E-state index in [2.05, 4.69) is 36.6 Å². The average Bonchev–Trinajstić information content (AvgIpc) is 3.88. The lowest BCUT2D eigenvalue weighted by molar-refractivity contribution is -0.130. The fraction of sp³-hybridized carbons (Fsp3) is 0.436. The number of benzene rings is 3. The summed E-state index contributed by atoms with van der Waals surface area (Å²) in [5.41, 5.74) is 12.1. The lowest BCUT2D eigenvalue weighted by Crippen LogP contribution is -2.48. The van der Waals surface area contributed by atoms with Crippen LogP contribution in [0, 0.1) is 24.7 Å². The van der Waals surface area contributed by atoms with E-state index in [-0.39, 0.29) is 23.5 Å². The molecule has 11 nitrogen and oxygen atoms in total. The zero-order valence-electron chi connectivity index (χ0n) is 28.8. The summed E-state index contributed by atoms with van der Waals surface area (Å²) < 4.78 is 0. The standard InChI is InChI=1S/C39H48N8O3/c1-25-21-32(36(48)4-2-3-28-19-20-41-24-28)15-18-34(25)29-9-5-26(6-10-29)22-35(43-38(49)31-11-7-27(23-40)8-12-31)39(50)42-33-16-13-30(14-17-33)37-44-46-47-45-37/h5-6,9-10,13-18,21,27-28,31,35,41H,2-4,7-8,11-12,19-20,22-24,40H2,1H3,(H,42,50)(H,43,49)(H,44,45,46,47). The number of hydrogen-bond acceptors (Lipinski definition) is 8. The molecule has 3 aromatic carbocycles. The summed E-state index contributed by atoms with van der Waals surface area (Å²) in [5.74, 6) is 1.29. The maximum absolute atomic E-state index is 13.7. The van der Waals surface area contributed by atoms with Crippen molar-refractivity contribution < 1.29 is 14.4 Å². The van der Waals surface area contributed by atoms with Gasteiger partial charge in [-0.15, -0.1) is 10.2 Å². The molecule has 1 saturated heterocycles. The van der Waals surface area contributed by atoms with Crippen molar-refractivity contribution in [2.75, 3.05) is 25.0 Å². The first-order valence-corrected chi connectivity index (χ1v) is 18.0. The molecule has 0 spiro atoms. The van der Waals surface area contributed by atoms with Crippen LogP contribution in [0.5, 0.6) is 0 Å². The number of tetrazole rings is 1. The Morgan fingerprint density at radius 2 is 1.68 bits per heavy atom. The second-order valence-corrected chi connectivity index (χ2v) is 13.9. The molecule has 1 aliphatic heterocycles. The van der Waals surface area contributed by atoms with Gasteiger partial charge in [-0.2, -0.15) is 5.21 Å². The molecule has 2 unspecified atom stereocenters. The fourth-order valence-corrected chi connectivity index (χ4v) is 7.25. The van der Waals surface area contributed by atoms with Gasteiger partial charge in [0.25, 0.3) is 0 Å². The summed E-state index contributed by atoms with van der Waals surface area (Å²) in [6.07, 6.45) is 7.54. The number of nitrogens with two attached hydrogens (primary N) is 1. The van der Waals surface area contributed by atoms with Crippen molar-refractivity contribution in [2.24, 2.45) is 23.5 Å². The topological polar surface area (TPSA) is 168 Å². The maximum atomic E-state index is 13.7. The van der Waals surface area contributed by atoms with Gasteiger partial charge < -0.3 is 21.7 Å². The lowest BCUT2D eigenvalue weighted by Gasteiger charge is -2.28. The number of carbonyl (C=O) groups excluding carboxylic acids is 3. The number of hydrogen-bond donors (Lipinski definition) is 5. The van der Waals surface area contributed by atoms with Gasteiger partial charge in [-0.1, -0.05) is 36.4 Å². The van der Waals surface area contributed by atoms with E-state index < -0.39 is 6.04 Å². The van der Waals surface area contributed by atoms with E-state index in [1.807, 2.05) is 61.5 Å². The zero-order valence-corrected chi connectivity index (χ0v) is 28.8. The number of anilines is 1. The molecule has 2 fully saturated rings. The molecule has 4 aromatic rings. The number of aryl methyl sites for hydroxylation is 1. The van der Waals surface area contributed by atoms with E-state index in [9.17, 15) is 14.4 Å². The van der Waals surface area contributed by atoms with Crippen LogP contribution >= 0.6 is 0 Å². The predicted molar refractivity (Wildman–Crippen MR) is 194 cm³/mol. The third-order valence-electron chi connectivity index (χ3n) is 10.4. The SMILES string of the molecule is Cc1cc(C(=O)CCCC2CCNC2)ccc1-c1ccc(CC(NC(=O)C2CCC(CN)CC2)C(=O)Nc2ccc(-c3nn[nH]n3)cc2)cc1. The smallest absolute Gasteiger partial charge is 0.247 e. The molecule has 262 valence electrons. The van der Waals surface area contributed by atoms with E-state index in [0.29, 0.717) is 42.7 Å². The first-order chi connectivity index (χ1) is 24.4. The second kappa shape index (κ2) is 16.8. The van der Waals surface area contributed by atoms with Crippen molar-refractivity contribution in [3.05, 3.63) is 83.4 Å². The average molecular weight is 677 g/mol. The van der Waals surface area contributed by atoms with Crippen LogP contribution in [-0.4, -0.2) is 63.9 Å². The molecule has 0 radical (unpaired) electrons. The summed E-state index contributed by atoms with van der Waals surface area (Å²) in [4.78, 5) is 40.0. The number of ketones is 1. The highest BCUT2D eigenvalue weighted by Crippen LogP contribution is 2.29. The molecule has 2 amide bonds. The van der Waals surface area contributed by atoms with Crippen molar-refractivity contribution in [1.29, 1.82) is 0 Å². The van der Waals surface area contributed by atoms with E-state index in [1.165, 1.54) is 6.42 Å². The van der Waals surface area contributed by atoms with Crippen molar-refractivity contribution in [2.45, 2.75) is 70.8 Å². The van der Waals surface area contributed by atoms with Gasteiger partial charge in [-0.3, -0.25) is 14.4 Å². The molecule has 1 aromatic heterocycles. The Morgan fingerprint density at radius 3 is 2.34 bits per heavy atom. The Morgan fingerprint density at radius 1 is 0.920 bits per heavy atom. The van der Waals surface area contributed by atoms with E-state index >= 15 is 0 Å². The molecule has 2 atom stereocenters. The van der Waals surface area contributed by atoms with Gasteiger partial charge in [0.1, 0.15) is 6.04 Å². The van der Waals surface area contributed by atoms with E-state index in [0.717, 1.165) is 85.0 Å². The lowest BCUT2D eigenvalue weighted by atomic mass is 9.81. The minimum Gasteiger partial charge on any atom is -0.344 e. The number of H-pyrrole nitrogens is 1. The number of nitrogens with one attached hydrogen (secondary N) is 4. The van der Waals surface area contributed by atoms with Gasteiger partial charge in [-0.05, 0) is 141 Å². The van der Waals surface area contributed by atoms with Gasteiger partial charge in [0.15, 0.2) is 5.78 Å². The van der Waals surface area contributed by atoms with Crippen LogP contribution in [0.15, 0.2) is 66.7 Å². The van der Waals surface area contributed by atoms with Gasteiger partial charge in [0.2, 0.25) is 17.6 Å². The number of aromatic amines is 1. The number of aromatic nitrogens is 4. The number of rotatable bonds is 14. The van der Waals surface area contributed by atoms with Crippen LogP contribution < -0.4 is 21.7 Å². The van der Waals surface area contributed by atoms with Crippen molar-refractivity contribution in [1.82, 2.24) is 31.3 Å². The summed E-state index contributed by atoms with van der Waals surface area (Å²) in [5, 5.41) is 23.5. The van der Waals surface area contributed by atoms with Crippen LogP contribution in [0.3, 0.4) is 0 Å². The monoisotopic (exact) mass is 676 g/mol. The van der Waals surface area contributed by atoms with Crippen LogP contribution in [0.1, 0.15) is 72.9 Å². The Hall–Kier alpha value is -4.74. The minimum absolute atomic E-state index is 0.0921. The first kappa shape index (κ1) is 35.1. The summed E-state index contributed by atoms with van der Waals surface area (Å²) >= 11 is 0. The Kier molecular flexibility index (Phi) is 11.8. The van der Waals surface area contributed by atoms with Crippen molar-refractivity contribution in [3.63, 3.8) is 0 Å². The molecule has 2 aliphatic rings.